The smallest absolute Gasteiger partial charge is 0.140 e. The van der Waals surface area contributed by atoms with E-state index >= 15 is 0 Å². The summed E-state index contributed by atoms with van der Waals surface area (Å²) in [6, 6.07) is 1.73. The molecule has 1 heterocycles. The second-order valence-electron chi connectivity index (χ2n) is 2.91. The van der Waals surface area contributed by atoms with Gasteiger partial charge in [-0.2, -0.15) is 0 Å². The molecule has 0 saturated carbocycles. The highest BCUT2D eigenvalue weighted by Gasteiger charge is 2.21. The summed E-state index contributed by atoms with van der Waals surface area (Å²) >= 11 is 0. The molecule has 1 aromatic heterocycles. The predicted octanol–water partition coefficient (Wildman–Crippen LogP) is 0.953. The Balaban J connectivity index is 3.02. The molecule has 3 heteroatoms. The zero-order valence-corrected chi connectivity index (χ0v) is 6.61. The van der Waals surface area contributed by atoms with Crippen LogP contribution in [0.1, 0.15) is 19.7 Å². The molecule has 11 heavy (non-hydrogen) atoms. The molecule has 0 aromatic carbocycles. The van der Waals surface area contributed by atoms with E-state index in [1.807, 2.05) is 0 Å². The van der Waals surface area contributed by atoms with E-state index < -0.39 is 5.41 Å². The van der Waals surface area contributed by atoms with Gasteiger partial charge in [-0.25, -0.2) is 9.97 Å². The van der Waals surface area contributed by atoms with Gasteiger partial charge in [-0.05, 0) is 19.9 Å². The van der Waals surface area contributed by atoms with E-state index in [0.29, 0.717) is 5.82 Å². The summed E-state index contributed by atoms with van der Waals surface area (Å²) in [4.78, 5) is 18.5. The van der Waals surface area contributed by atoms with E-state index in [-0.39, 0.29) is 0 Å². The minimum Gasteiger partial charge on any atom is -0.302 e. The summed E-state index contributed by atoms with van der Waals surface area (Å²) < 4.78 is 0. The van der Waals surface area contributed by atoms with E-state index in [1.54, 1.807) is 32.3 Å². The Bertz CT molecular complexity index is 244. The molecule has 1 aromatic rings. The third kappa shape index (κ3) is 1.61. The standard InChI is InChI=1S/C8H10N2O/c1-8(2,6-11)7-9-4-3-5-10-7/h3-6H,1-2H3. The number of rotatable bonds is 2. The van der Waals surface area contributed by atoms with Gasteiger partial charge in [0.2, 0.25) is 0 Å². The fraction of sp³-hybridized carbons (Fsp3) is 0.375. The highest BCUT2D eigenvalue weighted by Crippen LogP contribution is 2.14. The molecule has 0 atom stereocenters. The van der Waals surface area contributed by atoms with Crippen LogP contribution in [0.15, 0.2) is 18.5 Å². The van der Waals surface area contributed by atoms with Gasteiger partial charge in [-0.15, -0.1) is 0 Å². The first-order valence-corrected chi connectivity index (χ1v) is 3.40. The monoisotopic (exact) mass is 150 g/mol. The Hall–Kier alpha value is -1.25. The summed E-state index contributed by atoms with van der Waals surface area (Å²) in [6.45, 7) is 3.57. The Morgan fingerprint density at radius 1 is 1.36 bits per heavy atom. The van der Waals surface area contributed by atoms with Gasteiger partial charge < -0.3 is 4.79 Å². The van der Waals surface area contributed by atoms with Crippen LogP contribution in [0.3, 0.4) is 0 Å². The first kappa shape index (κ1) is 7.85. The van der Waals surface area contributed by atoms with Gasteiger partial charge in [-0.3, -0.25) is 0 Å². The van der Waals surface area contributed by atoms with Crippen molar-refractivity contribution in [3.63, 3.8) is 0 Å². The third-order valence-electron chi connectivity index (χ3n) is 1.44. The van der Waals surface area contributed by atoms with Gasteiger partial charge in [0.1, 0.15) is 12.1 Å². The fourth-order valence-corrected chi connectivity index (χ4v) is 0.685. The lowest BCUT2D eigenvalue weighted by atomic mass is 9.95. The van der Waals surface area contributed by atoms with Crippen LogP contribution < -0.4 is 0 Å². The number of aromatic nitrogens is 2. The molecule has 0 aliphatic heterocycles. The Labute approximate surface area is 65.5 Å². The van der Waals surface area contributed by atoms with Crippen molar-refractivity contribution in [1.29, 1.82) is 0 Å². The van der Waals surface area contributed by atoms with Crippen LogP contribution in [0.25, 0.3) is 0 Å². The van der Waals surface area contributed by atoms with Crippen LogP contribution in [0, 0.1) is 0 Å². The maximum Gasteiger partial charge on any atom is 0.140 e. The average molecular weight is 150 g/mol. The van der Waals surface area contributed by atoms with E-state index in [0.717, 1.165) is 6.29 Å². The largest absolute Gasteiger partial charge is 0.302 e. The van der Waals surface area contributed by atoms with Crippen molar-refractivity contribution in [2.24, 2.45) is 0 Å². The average Bonchev–Trinajstić information content (AvgIpc) is 2.06. The summed E-state index contributed by atoms with van der Waals surface area (Å²) in [5.74, 6) is 0.565. The number of aldehydes is 1. The molecule has 0 fully saturated rings. The van der Waals surface area contributed by atoms with E-state index in [9.17, 15) is 4.79 Å². The number of carbonyl (C=O) groups excluding carboxylic acids is 1. The highest BCUT2D eigenvalue weighted by atomic mass is 16.1. The molecule has 0 aliphatic carbocycles. The molecular formula is C8H10N2O. The topological polar surface area (TPSA) is 42.9 Å². The first-order valence-electron chi connectivity index (χ1n) is 3.40. The normalized spacial score (nSPS) is 11.1. The van der Waals surface area contributed by atoms with Crippen LogP contribution in [-0.2, 0) is 10.2 Å². The van der Waals surface area contributed by atoms with Crippen molar-refractivity contribution >= 4 is 6.29 Å². The Morgan fingerprint density at radius 3 is 2.36 bits per heavy atom. The molecular weight excluding hydrogens is 140 g/mol. The first-order chi connectivity index (χ1) is 5.17. The van der Waals surface area contributed by atoms with Crippen molar-refractivity contribution in [1.82, 2.24) is 9.97 Å². The van der Waals surface area contributed by atoms with Crippen molar-refractivity contribution in [3.05, 3.63) is 24.3 Å². The van der Waals surface area contributed by atoms with Gasteiger partial charge in [-0.1, -0.05) is 0 Å². The van der Waals surface area contributed by atoms with Gasteiger partial charge in [0.05, 0.1) is 5.41 Å². The van der Waals surface area contributed by atoms with Gasteiger partial charge >= 0.3 is 0 Å². The number of hydrogen-bond donors (Lipinski definition) is 0. The third-order valence-corrected chi connectivity index (χ3v) is 1.44. The second kappa shape index (κ2) is 2.78. The lowest BCUT2D eigenvalue weighted by Gasteiger charge is -2.13. The van der Waals surface area contributed by atoms with Crippen molar-refractivity contribution in [2.45, 2.75) is 19.3 Å². The van der Waals surface area contributed by atoms with Crippen LogP contribution in [0.4, 0.5) is 0 Å². The molecule has 58 valence electrons. The van der Waals surface area contributed by atoms with Crippen molar-refractivity contribution < 1.29 is 4.79 Å². The molecule has 1 rings (SSSR count). The number of carbonyl (C=O) groups is 1. The van der Waals surface area contributed by atoms with Crippen LogP contribution in [-0.4, -0.2) is 16.3 Å². The summed E-state index contributed by atoms with van der Waals surface area (Å²) in [7, 11) is 0. The highest BCUT2D eigenvalue weighted by molar-refractivity contribution is 5.64. The van der Waals surface area contributed by atoms with Gasteiger partial charge in [0.15, 0.2) is 0 Å². The molecule has 0 aliphatic rings. The Kier molecular flexibility index (Phi) is 1.98. The van der Waals surface area contributed by atoms with Crippen LogP contribution in [0.2, 0.25) is 0 Å². The quantitative estimate of drug-likeness (QED) is 0.589. The van der Waals surface area contributed by atoms with Gasteiger partial charge in [0, 0.05) is 12.4 Å². The van der Waals surface area contributed by atoms with Crippen LogP contribution in [0.5, 0.6) is 0 Å². The molecule has 3 nitrogen and oxygen atoms in total. The lowest BCUT2D eigenvalue weighted by molar-refractivity contribution is -0.111. The van der Waals surface area contributed by atoms with Gasteiger partial charge in [0.25, 0.3) is 0 Å². The summed E-state index contributed by atoms with van der Waals surface area (Å²) in [5.41, 5.74) is -0.568. The maximum atomic E-state index is 10.5. The molecule has 0 amide bonds. The van der Waals surface area contributed by atoms with Crippen LogP contribution >= 0.6 is 0 Å². The number of hydrogen-bond acceptors (Lipinski definition) is 3. The molecule has 0 saturated heterocycles. The maximum absolute atomic E-state index is 10.5. The van der Waals surface area contributed by atoms with E-state index in [4.69, 9.17) is 0 Å². The molecule has 0 unspecified atom stereocenters. The zero-order valence-electron chi connectivity index (χ0n) is 6.61. The minimum atomic E-state index is -0.568. The minimum absolute atomic E-state index is 0.565. The summed E-state index contributed by atoms with van der Waals surface area (Å²) in [5, 5.41) is 0. The van der Waals surface area contributed by atoms with E-state index in [2.05, 4.69) is 9.97 Å². The predicted molar refractivity (Wildman–Crippen MR) is 41.1 cm³/mol. The van der Waals surface area contributed by atoms with Crippen molar-refractivity contribution in [2.75, 3.05) is 0 Å². The second-order valence-corrected chi connectivity index (χ2v) is 2.91. The van der Waals surface area contributed by atoms with E-state index in [1.165, 1.54) is 0 Å². The Morgan fingerprint density at radius 2 is 1.91 bits per heavy atom. The van der Waals surface area contributed by atoms with Crippen molar-refractivity contribution in [3.8, 4) is 0 Å². The fourth-order valence-electron chi connectivity index (χ4n) is 0.685. The molecule has 0 bridgehead atoms. The molecule has 0 spiro atoms. The molecule has 0 N–H and O–H groups in total. The molecule has 0 radical (unpaired) electrons. The lowest BCUT2D eigenvalue weighted by Crippen LogP contribution is -2.21. The zero-order chi connectivity index (χ0) is 8.32. The SMILES string of the molecule is CC(C)(C=O)c1ncccn1. The number of nitrogens with zero attached hydrogens (tertiary/aromatic N) is 2. The summed E-state index contributed by atoms with van der Waals surface area (Å²) in [6.07, 6.45) is 4.11.